The van der Waals surface area contributed by atoms with E-state index in [4.69, 9.17) is 4.74 Å². The molecule has 0 aliphatic rings. The molecule has 0 amide bonds. The standard InChI is InChI=1S/C9H20O/c1-4-6-7-8-9(5-2)10-3/h9H,4-8H2,1-3H3. The van der Waals surface area contributed by atoms with Gasteiger partial charge in [-0.15, -0.1) is 0 Å². The van der Waals surface area contributed by atoms with Gasteiger partial charge in [0.1, 0.15) is 0 Å². The summed E-state index contributed by atoms with van der Waals surface area (Å²) in [6.45, 7) is 4.41. The lowest BCUT2D eigenvalue weighted by atomic mass is 10.1. The molecule has 0 aromatic carbocycles. The van der Waals surface area contributed by atoms with Gasteiger partial charge in [-0.3, -0.25) is 0 Å². The lowest BCUT2D eigenvalue weighted by Crippen LogP contribution is -2.07. The highest BCUT2D eigenvalue weighted by atomic mass is 16.5. The van der Waals surface area contributed by atoms with Crippen LogP contribution < -0.4 is 0 Å². The molecular weight excluding hydrogens is 124 g/mol. The van der Waals surface area contributed by atoms with Crippen LogP contribution in [0, 0.1) is 0 Å². The van der Waals surface area contributed by atoms with Crippen molar-refractivity contribution in [2.24, 2.45) is 0 Å². The van der Waals surface area contributed by atoms with E-state index in [0.717, 1.165) is 6.42 Å². The molecule has 0 fully saturated rings. The van der Waals surface area contributed by atoms with Crippen LogP contribution in [0.1, 0.15) is 46.0 Å². The first kappa shape index (κ1) is 9.96. The zero-order chi connectivity index (χ0) is 7.82. The van der Waals surface area contributed by atoms with Crippen LogP contribution in [0.3, 0.4) is 0 Å². The van der Waals surface area contributed by atoms with E-state index in [1.807, 2.05) is 0 Å². The molecule has 0 radical (unpaired) electrons. The highest BCUT2D eigenvalue weighted by Crippen LogP contribution is 2.08. The average Bonchev–Trinajstić information content (AvgIpc) is 1.99. The van der Waals surface area contributed by atoms with Crippen LogP contribution >= 0.6 is 0 Å². The predicted molar refractivity (Wildman–Crippen MR) is 45.2 cm³/mol. The van der Waals surface area contributed by atoms with Gasteiger partial charge in [0, 0.05) is 7.11 Å². The summed E-state index contributed by atoms with van der Waals surface area (Å²) in [5.41, 5.74) is 0. The molecule has 0 rings (SSSR count). The van der Waals surface area contributed by atoms with Crippen molar-refractivity contribution in [3.63, 3.8) is 0 Å². The van der Waals surface area contributed by atoms with E-state index in [1.165, 1.54) is 25.7 Å². The number of hydrogen-bond acceptors (Lipinski definition) is 1. The van der Waals surface area contributed by atoms with Crippen molar-refractivity contribution >= 4 is 0 Å². The van der Waals surface area contributed by atoms with Crippen molar-refractivity contribution in [1.29, 1.82) is 0 Å². The van der Waals surface area contributed by atoms with Crippen LogP contribution in [0.5, 0.6) is 0 Å². The Kier molecular flexibility index (Phi) is 7.04. The third-order valence-corrected chi connectivity index (χ3v) is 1.92. The first-order chi connectivity index (χ1) is 4.85. The molecule has 0 bridgehead atoms. The quantitative estimate of drug-likeness (QED) is 0.521. The lowest BCUT2D eigenvalue weighted by Gasteiger charge is -2.11. The summed E-state index contributed by atoms with van der Waals surface area (Å²) in [6, 6.07) is 0. The van der Waals surface area contributed by atoms with E-state index >= 15 is 0 Å². The first-order valence-corrected chi connectivity index (χ1v) is 4.37. The highest BCUT2D eigenvalue weighted by Gasteiger charge is 2.01. The van der Waals surface area contributed by atoms with Crippen molar-refractivity contribution in [2.45, 2.75) is 52.1 Å². The molecule has 0 saturated carbocycles. The molecule has 1 nitrogen and oxygen atoms in total. The smallest absolute Gasteiger partial charge is 0.0568 e. The summed E-state index contributed by atoms with van der Waals surface area (Å²) in [4.78, 5) is 0. The Morgan fingerprint density at radius 2 is 1.90 bits per heavy atom. The van der Waals surface area contributed by atoms with E-state index in [-0.39, 0.29) is 0 Å². The molecule has 1 unspecified atom stereocenters. The van der Waals surface area contributed by atoms with Crippen LogP contribution in [-0.2, 0) is 4.74 Å². The Hall–Kier alpha value is -0.0400. The van der Waals surface area contributed by atoms with Crippen LogP contribution in [0.2, 0.25) is 0 Å². The maximum Gasteiger partial charge on any atom is 0.0568 e. The molecule has 0 aliphatic heterocycles. The largest absolute Gasteiger partial charge is 0.381 e. The summed E-state index contributed by atoms with van der Waals surface area (Å²) in [6.07, 6.45) is 6.87. The van der Waals surface area contributed by atoms with Gasteiger partial charge in [0.05, 0.1) is 6.10 Å². The monoisotopic (exact) mass is 144 g/mol. The molecule has 0 heterocycles. The summed E-state index contributed by atoms with van der Waals surface area (Å²) in [7, 11) is 1.81. The third-order valence-electron chi connectivity index (χ3n) is 1.92. The van der Waals surface area contributed by atoms with Crippen molar-refractivity contribution < 1.29 is 4.74 Å². The van der Waals surface area contributed by atoms with Crippen molar-refractivity contribution in [3.8, 4) is 0 Å². The van der Waals surface area contributed by atoms with Gasteiger partial charge in [0.2, 0.25) is 0 Å². The minimum Gasteiger partial charge on any atom is -0.381 e. The van der Waals surface area contributed by atoms with Gasteiger partial charge < -0.3 is 4.74 Å². The van der Waals surface area contributed by atoms with Gasteiger partial charge in [-0.2, -0.15) is 0 Å². The van der Waals surface area contributed by atoms with Crippen molar-refractivity contribution in [2.75, 3.05) is 7.11 Å². The number of rotatable bonds is 6. The fraction of sp³-hybridized carbons (Fsp3) is 1.00. The minimum atomic E-state index is 0.506. The fourth-order valence-electron chi connectivity index (χ4n) is 1.11. The zero-order valence-corrected chi connectivity index (χ0v) is 7.52. The highest BCUT2D eigenvalue weighted by molar-refractivity contribution is 4.53. The fourth-order valence-corrected chi connectivity index (χ4v) is 1.11. The molecule has 62 valence electrons. The summed E-state index contributed by atoms with van der Waals surface area (Å²) < 4.78 is 5.25. The van der Waals surface area contributed by atoms with Crippen LogP contribution in [0.4, 0.5) is 0 Å². The second kappa shape index (κ2) is 7.07. The van der Waals surface area contributed by atoms with Crippen LogP contribution in [0.15, 0.2) is 0 Å². The average molecular weight is 144 g/mol. The maximum absolute atomic E-state index is 5.25. The van der Waals surface area contributed by atoms with Gasteiger partial charge in [0.25, 0.3) is 0 Å². The normalized spacial score (nSPS) is 13.5. The molecule has 1 atom stereocenters. The molecular formula is C9H20O. The Bertz CT molecular complexity index is 57.7. The molecule has 10 heavy (non-hydrogen) atoms. The van der Waals surface area contributed by atoms with Gasteiger partial charge in [0.15, 0.2) is 0 Å². The number of unbranched alkanes of at least 4 members (excludes halogenated alkanes) is 2. The molecule has 1 heteroatoms. The topological polar surface area (TPSA) is 9.23 Å². The number of hydrogen-bond donors (Lipinski definition) is 0. The Balaban J connectivity index is 3.09. The summed E-state index contributed by atoms with van der Waals surface area (Å²) in [5, 5.41) is 0. The maximum atomic E-state index is 5.25. The van der Waals surface area contributed by atoms with Gasteiger partial charge >= 0.3 is 0 Å². The van der Waals surface area contributed by atoms with Gasteiger partial charge in [-0.25, -0.2) is 0 Å². The van der Waals surface area contributed by atoms with Crippen LogP contribution in [0.25, 0.3) is 0 Å². The van der Waals surface area contributed by atoms with E-state index in [9.17, 15) is 0 Å². The summed E-state index contributed by atoms with van der Waals surface area (Å²) in [5.74, 6) is 0. The Morgan fingerprint density at radius 3 is 2.30 bits per heavy atom. The predicted octanol–water partition coefficient (Wildman–Crippen LogP) is 2.99. The number of methoxy groups -OCH3 is 1. The van der Waals surface area contributed by atoms with Crippen LogP contribution in [-0.4, -0.2) is 13.2 Å². The second-order valence-electron chi connectivity index (χ2n) is 2.76. The minimum absolute atomic E-state index is 0.506. The number of ether oxygens (including phenoxy) is 1. The van der Waals surface area contributed by atoms with E-state index in [2.05, 4.69) is 13.8 Å². The Morgan fingerprint density at radius 1 is 1.20 bits per heavy atom. The van der Waals surface area contributed by atoms with Crippen molar-refractivity contribution in [1.82, 2.24) is 0 Å². The van der Waals surface area contributed by atoms with E-state index in [0.29, 0.717) is 6.10 Å². The van der Waals surface area contributed by atoms with Crippen molar-refractivity contribution in [3.05, 3.63) is 0 Å². The Labute approximate surface area is 64.8 Å². The molecule has 0 aliphatic carbocycles. The molecule has 0 spiro atoms. The third kappa shape index (κ3) is 4.80. The second-order valence-corrected chi connectivity index (χ2v) is 2.76. The van der Waals surface area contributed by atoms with Gasteiger partial charge in [-0.1, -0.05) is 33.1 Å². The summed E-state index contributed by atoms with van der Waals surface area (Å²) >= 11 is 0. The first-order valence-electron chi connectivity index (χ1n) is 4.37. The van der Waals surface area contributed by atoms with E-state index in [1.54, 1.807) is 7.11 Å². The molecule has 0 N–H and O–H groups in total. The van der Waals surface area contributed by atoms with E-state index < -0.39 is 0 Å². The van der Waals surface area contributed by atoms with Gasteiger partial charge in [-0.05, 0) is 12.8 Å². The zero-order valence-electron chi connectivity index (χ0n) is 7.52. The molecule has 0 aromatic heterocycles. The lowest BCUT2D eigenvalue weighted by molar-refractivity contribution is 0.0898. The SMILES string of the molecule is CCCCCC(CC)OC. The molecule has 0 saturated heterocycles. The molecule has 0 aromatic rings.